The molecule has 2 heterocycles. The second kappa shape index (κ2) is 3.47. The van der Waals surface area contributed by atoms with Crippen LogP contribution in [0.15, 0.2) is 9.59 Å². The first-order valence-corrected chi connectivity index (χ1v) is 4.66. The standard InChI is InChI=1S/C8H11NO7/c10-2-4-5(12)3(11)1-8(15,16-4)9-6(13)7(9)14/h3-5,10-12,15H,1-2H2/t3-,4-,5+,8+/m1/s1. The van der Waals surface area contributed by atoms with E-state index in [1.807, 2.05) is 0 Å². The van der Waals surface area contributed by atoms with Crippen molar-refractivity contribution in [1.29, 1.82) is 0 Å². The fraction of sp³-hybridized carbons (Fsp3) is 0.750. The van der Waals surface area contributed by atoms with Crippen molar-refractivity contribution < 1.29 is 25.2 Å². The van der Waals surface area contributed by atoms with Crippen molar-refractivity contribution in [3.63, 3.8) is 0 Å². The van der Waals surface area contributed by atoms with Gasteiger partial charge in [-0.05, 0) is 0 Å². The van der Waals surface area contributed by atoms with Crippen LogP contribution in [-0.4, -0.2) is 49.9 Å². The predicted molar refractivity (Wildman–Crippen MR) is 48.1 cm³/mol. The minimum atomic E-state index is -2.28. The molecule has 8 heteroatoms. The Kier molecular flexibility index (Phi) is 2.48. The van der Waals surface area contributed by atoms with Crippen molar-refractivity contribution in [3.8, 4) is 0 Å². The smallest absolute Gasteiger partial charge is 0.324 e. The highest BCUT2D eigenvalue weighted by molar-refractivity contribution is 4.97. The number of rotatable bonds is 2. The molecule has 0 spiro atoms. The van der Waals surface area contributed by atoms with E-state index in [9.17, 15) is 24.9 Å². The lowest BCUT2D eigenvalue weighted by molar-refractivity contribution is -0.346. The monoisotopic (exact) mass is 233 g/mol. The Hall–Kier alpha value is -1.06. The Balaban J connectivity index is 2.28. The first-order chi connectivity index (χ1) is 7.40. The molecule has 0 radical (unpaired) electrons. The highest BCUT2D eigenvalue weighted by atomic mass is 16.7. The van der Waals surface area contributed by atoms with Gasteiger partial charge in [0.05, 0.1) is 19.1 Å². The molecular weight excluding hydrogens is 222 g/mol. The lowest BCUT2D eigenvalue weighted by atomic mass is 10.00. The summed E-state index contributed by atoms with van der Waals surface area (Å²) >= 11 is 0. The lowest BCUT2D eigenvalue weighted by Crippen LogP contribution is -2.56. The summed E-state index contributed by atoms with van der Waals surface area (Å²) in [5.74, 6) is -2.28. The van der Waals surface area contributed by atoms with Gasteiger partial charge in [0, 0.05) is 0 Å². The fourth-order valence-corrected chi connectivity index (χ4v) is 1.74. The van der Waals surface area contributed by atoms with Crippen molar-refractivity contribution in [3.05, 3.63) is 20.7 Å². The minimum absolute atomic E-state index is 0.435. The van der Waals surface area contributed by atoms with E-state index < -0.39 is 48.4 Å². The Labute approximate surface area is 88.6 Å². The van der Waals surface area contributed by atoms with E-state index in [0.717, 1.165) is 0 Å². The highest BCUT2D eigenvalue weighted by Crippen LogP contribution is 2.30. The van der Waals surface area contributed by atoms with Gasteiger partial charge in [-0.25, -0.2) is 4.57 Å². The topological polar surface area (TPSA) is 129 Å². The van der Waals surface area contributed by atoms with Crippen LogP contribution < -0.4 is 11.1 Å². The van der Waals surface area contributed by atoms with Crippen molar-refractivity contribution >= 4 is 0 Å². The number of hydrogen-bond donors (Lipinski definition) is 4. The summed E-state index contributed by atoms with van der Waals surface area (Å²) in [5, 5.41) is 37.5. The number of aromatic nitrogens is 1. The molecule has 8 nitrogen and oxygen atoms in total. The van der Waals surface area contributed by atoms with Crippen LogP contribution in [0, 0.1) is 0 Å². The molecule has 2 rings (SSSR count). The van der Waals surface area contributed by atoms with E-state index in [4.69, 9.17) is 9.84 Å². The van der Waals surface area contributed by atoms with Crippen molar-refractivity contribution in [1.82, 2.24) is 4.57 Å². The van der Waals surface area contributed by atoms with Gasteiger partial charge in [0.25, 0.3) is 5.91 Å². The van der Waals surface area contributed by atoms with Crippen LogP contribution in [-0.2, 0) is 10.6 Å². The first kappa shape index (κ1) is 11.4. The van der Waals surface area contributed by atoms with Crippen LogP contribution in [0.25, 0.3) is 0 Å². The van der Waals surface area contributed by atoms with E-state index in [0.29, 0.717) is 4.57 Å². The summed E-state index contributed by atoms with van der Waals surface area (Å²) in [7, 11) is 0. The average Bonchev–Trinajstić information content (AvgIpc) is 2.82. The Morgan fingerprint density at radius 3 is 2.38 bits per heavy atom. The SMILES string of the molecule is O=c1c(=O)n1[C@]1(O)C[C@@H](O)[C@H](O)[C@@H](CO)O1. The van der Waals surface area contributed by atoms with E-state index >= 15 is 0 Å². The fourth-order valence-electron chi connectivity index (χ4n) is 1.74. The molecule has 1 fully saturated rings. The number of nitrogens with zero attached hydrogens (tertiary/aromatic N) is 1. The highest BCUT2D eigenvalue weighted by Gasteiger charge is 2.50. The minimum Gasteiger partial charge on any atom is -0.394 e. The molecule has 1 aliphatic rings. The summed E-state index contributed by atoms with van der Waals surface area (Å²) in [6.45, 7) is -0.656. The van der Waals surface area contributed by atoms with Gasteiger partial charge in [0.15, 0.2) is 0 Å². The molecule has 4 N–H and O–H groups in total. The van der Waals surface area contributed by atoms with Crippen LogP contribution >= 0.6 is 0 Å². The summed E-state index contributed by atoms with van der Waals surface area (Å²) in [5.41, 5.74) is -1.86. The molecule has 0 bridgehead atoms. The molecule has 90 valence electrons. The first-order valence-electron chi connectivity index (χ1n) is 4.66. The largest absolute Gasteiger partial charge is 0.394 e. The maximum Gasteiger partial charge on any atom is 0.324 e. The number of aliphatic hydroxyl groups is 4. The third-order valence-corrected chi connectivity index (χ3v) is 2.66. The Morgan fingerprint density at radius 1 is 1.38 bits per heavy atom. The van der Waals surface area contributed by atoms with Crippen LogP contribution in [0.3, 0.4) is 0 Å². The Morgan fingerprint density at radius 2 is 1.94 bits per heavy atom. The number of hydrogen-bond acceptors (Lipinski definition) is 7. The molecule has 4 atom stereocenters. The summed E-state index contributed by atoms with van der Waals surface area (Å²) in [6.07, 6.45) is -4.54. The average molecular weight is 233 g/mol. The van der Waals surface area contributed by atoms with Gasteiger partial charge in [0.1, 0.15) is 12.2 Å². The third-order valence-electron chi connectivity index (χ3n) is 2.66. The molecule has 16 heavy (non-hydrogen) atoms. The van der Waals surface area contributed by atoms with Gasteiger partial charge in [-0.1, -0.05) is 0 Å². The van der Waals surface area contributed by atoms with Crippen molar-refractivity contribution in [2.75, 3.05) is 6.61 Å². The maximum atomic E-state index is 10.8. The molecule has 0 amide bonds. The van der Waals surface area contributed by atoms with Crippen LogP contribution in [0.2, 0.25) is 0 Å². The molecule has 0 aliphatic carbocycles. The van der Waals surface area contributed by atoms with E-state index in [1.54, 1.807) is 0 Å². The molecule has 1 aliphatic heterocycles. The van der Waals surface area contributed by atoms with Gasteiger partial charge in [-0.2, -0.15) is 0 Å². The molecular formula is C8H11NO7. The molecule has 0 aromatic carbocycles. The zero-order chi connectivity index (χ0) is 12.1. The van der Waals surface area contributed by atoms with Crippen LogP contribution in [0.4, 0.5) is 0 Å². The van der Waals surface area contributed by atoms with Gasteiger partial charge in [0.2, 0.25) is 0 Å². The molecule has 0 unspecified atom stereocenters. The molecule has 1 saturated heterocycles. The van der Waals surface area contributed by atoms with E-state index in [2.05, 4.69) is 0 Å². The van der Waals surface area contributed by atoms with Crippen molar-refractivity contribution in [2.45, 2.75) is 30.6 Å². The van der Waals surface area contributed by atoms with E-state index in [1.165, 1.54) is 0 Å². The number of ether oxygens (including phenoxy) is 1. The zero-order valence-corrected chi connectivity index (χ0v) is 8.11. The maximum absolute atomic E-state index is 10.8. The molecule has 1 aromatic heterocycles. The van der Waals surface area contributed by atoms with Crippen LogP contribution in [0.1, 0.15) is 6.42 Å². The van der Waals surface area contributed by atoms with Gasteiger partial charge in [-0.15, -0.1) is 0 Å². The third kappa shape index (κ3) is 1.51. The molecule has 1 aromatic rings. The van der Waals surface area contributed by atoms with E-state index in [-0.39, 0.29) is 0 Å². The summed E-state index contributed by atoms with van der Waals surface area (Å²) in [6, 6.07) is 0. The Bertz CT molecular complexity index is 436. The summed E-state index contributed by atoms with van der Waals surface area (Å²) in [4.78, 5) is 21.7. The zero-order valence-electron chi connectivity index (χ0n) is 8.11. The quantitative estimate of drug-likeness (QED) is 0.385. The van der Waals surface area contributed by atoms with Crippen molar-refractivity contribution in [2.24, 2.45) is 0 Å². The van der Waals surface area contributed by atoms with Gasteiger partial charge in [-0.3, -0.25) is 9.59 Å². The van der Waals surface area contributed by atoms with Crippen LogP contribution in [0.5, 0.6) is 0 Å². The molecule has 0 saturated carbocycles. The predicted octanol–water partition coefficient (Wildman–Crippen LogP) is -3.81. The van der Waals surface area contributed by atoms with Gasteiger partial charge < -0.3 is 25.2 Å². The second-order valence-electron chi connectivity index (χ2n) is 3.79. The second-order valence-corrected chi connectivity index (χ2v) is 3.79. The lowest BCUT2D eigenvalue weighted by Gasteiger charge is -2.40. The van der Waals surface area contributed by atoms with Gasteiger partial charge >= 0.3 is 11.1 Å². The normalized spacial score (nSPS) is 40.4. The summed E-state index contributed by atoms with van der Waals surface area (Å²) < 4.78 is 5.29. The number of aliphatic hydroxyl groups excluding tert-OH is 3.